The molecule has 2 rings (SSSR count). The van der Waals surface area contributed by atoms with Gasteiger partial charge in [-0.3, -0.25) is 0 Å². The third kappa shape index (κ3) is 3.67. The highest BCUT2D eigenvalue weighted by Gasteiger charge is 2.22. The molecular formula is C14H20FN3O. The maximum Gasteiger partial charge on any atom is 0.314 e. The van der Waals surface area contributed by atoms with Gasteiger partial charge in [0.15, 0.2) is 0 Å². The summed E-state index contributed by atoms with van der Waals surface area (Å²) >= 11 is 0. The Kier molecular flexibility index (Phi) is 4.37. The molecule has 19 heavy (non-hydrogen) atoms. The van der Waals surface area contributed by atoms with Crippen LogP contribution in [0.4, 0.5) is 9.18 Å². The molecule has 5 heteroatoms. The summed E-state index contributed by atoms with van der Waals surface area (Å²) in [5.74, 6) is -0.213. The summed E-state index contributed by atoms with van der Waals surface area (Å²) in [5, 5.41) is 3.48. The van der Waals surface area contributed by atoms with Crippen LogP contribution in [0.3, 0.4) is 0 Å². The van der Waals surface area contributed by atoms with Crippen LogP contribution < -0.4 is 11.1 Å². The van der Waals surface area contributed by atoms with Crippen LogP contribution in [-0.4, -0.2) is 30.1 Å². The number of piperidine rings is 1. The SMILES string of the molecule is C[C@@H](NC1CCN(C(N)=O)CC1)c1cccc(F)c1. The van der Waals surface area contributed by atoms with Gasteiger partial charge in [-0.2, -0.15) is 0 Å². The van der Waals surface area contributed by atoms with E-state index in [9.17, 15) is 9.18 Å². The largest absolute Gasteiger partial charge is 0.351 e. The van der Waals surface area contributed by atoms with Crippen LogP contribution in [-0.2, 0) is 0 Å². The van der Waals surface area contributed by atoms with E-state index in [1.165, 1.54) is 6.07 Å². The number of hydrogen-bond acceptors (Lipinski definition) is 2. The van der Waals surface area contributed by atoms with Crippen molar-refractivity contribution in [3.8, 4) is 0 Å². The number of halogens is 1. The van der Waals surface area contributed by atoms with Crippen molar-refractivity contribution in [2.24, 2.45) is 5.73 Å². The second kappa shape index (κ2) is 6.02. The van der Waals surface area contributed by atoms with Gasteiger partial charge in [0.05, 0.1) is 0 Å². The molecule has 0 unspecified atom stereocenters. The predicted molar refractivity (Wildman–Crippen MR) is 72.1 cm³/mol. The monoisotopic (exact) mass is 265 g/mol. The second-order valence-corrected chi connectivity index (χ2v) is 5.04. The van der Waals surface area contributed by atoms with Crippen molar-refractivity contribution in [2.45, 2.75) is 31.8 Å². The van der Waals surface area contributed by atoms with Crippen molar-refractivity contribution >= 4 is 6.03 Å². The molecular weight excluding hydrogens is 245 g/mol. The summed E-state index contributed by atoms with van der Waals surface area (Å²) in [6.45, 7) is 3.39. The predicted octanol–water partition coefficient (Wildman–Crippen LogP) is 2.02. The van der Waals surface area contributed by atoms with E-state index in [0.29, 0.717) is 19.1 Å². The Labute approximate surface area is 112 Å². The van der Waals surface area contributed by atoms with Crippen molar-refractivity contribution in [2.75, 3.05) is 13.1 Å². The lowest BCUT2D eigenvalue weighted by Gasteiger charge is -2.33. The third-order valence-electron chi connectivity index (χ3n) is 3.64. The zero-order valence-corrected chi connectivity index (χ0v) is 11.1. The lowest BCUT2D eigenvalue weighted by Crippen LogP contribution is -2.47. The van der Waals surface area contributed by atoms with E-state index in [1.54, 1.807) is 17.0 Å². The third-order valence-corrected chi connectivity index (χ3v) is 3.64. The lowest BCUT2D eigenvalue weighted by atomic mass is 10.0. The van der Waals surface area contributed by atoms with Crippen LogP contribution in [0.25, 0.3) is 0 Å². The summed E-state index contributed by atoms with van der Waals surface area (Å²) in [6, 6.07) is 6.72. The Morgan fingerprint density at radius 1 is 1.47 bits per heavy atom. The number of carbonyl (C=O) groups excluding carboxylic acids is 1. The number of amides is 2. The Morgan fingerprint density at radius 2 is 2.16 bits per heavy atom. The van der Waals surface area contributed by atoms with Crippen molar-refractivity contribution in [3.05, 3.63) is 35.6 Å². The molecule has 1 atom stereocenters. The van der Waals surface area contributed by atoms with Gasteiger partial charge in [-0.05, 0) is 37.5 Å². The summed E-state index contributed by atoms with van der Waals surface area (Å²) < 4.78 is 13.2. The average Bonchev–Trinajstić information content (AvgIpc) is 2.39. The van der Waals surface area contributed by atoms with Gasteiger partial charge in [-0.25, -0.2) is 9.18 Å². The van der Waals surface area contributed by atoms with Crippen LogP contribution in [0.15, 0.2) is 24.3 Å². The first-order valence-electron chi connectivity index (χ1n) is 6.62. The van der Waals surface area contributed by atoms with E-state index in [-0.39, 0.29) is 17.9 Å². The molecule has 2 amide bonds. The summed E-state index contributed by atoms with van der Waals surface area (Å²) in [7, 11) is 0. The van der Waals surface area contributed by atoms with Crippen molar-refractivity contribution < 1.29 is 9.18 Å². The first-order chi connectivity index (χ1) is 9.06. The number of likely N-dealkylation sites (tertiary alicyclic amines) is 1. The van der Waals surface area contributed by atoms with Gasteiger partial charge in [0, 0.05) is 25.2 Å². The molecule has 0 spiro atoms. The Hall–Kier alpha value is -1.62. The maximum absolute atomic E-state index is 13.2. The van der Waals surface area contributed by atoms with Crippen molar-refractivity contribution in [1.29, 1.82) is 0 Å². The average molecular weight is 265 g/mol. The fraction of sp³-hybridized carbons (Fsp3) is 0.500. The number of nitrogens with zero attached hydrogens (tertiary/aromatic N) is 1. The molecule has 0 bridgehead atoms. The number of carbonyl (C=O) groups is 1. The standard InChI is InChI=1S/C14H20FN3O/c1-10(11-3-2-4-12(15)9-11)17-13-5-7-18(8-6-13)14(16)19/h2-4,9-10,13,17H,5-8H2,1H3,(H2,16,19)/t10-/m1/s1. The minimum atomic E-state index is -0.350. The fourth-order valence-electron chi connectivity index (χ4n) is 2.49. The van der Waals surface area contributed by atoms with E-state index >= 15 is 0 Å². The van der Waals surface area contributed by atoms with E-state index in [1.807, 2.05) is 13.0 Å². The Morgan fingerprint density at radius 3 is 2.74 bits per heavy atom. The summed E-state index contributed by atoms with van der Waals surface area (Å²) in [5.41, 5.74) is 6.19. The van der Waals surface area contributed by atoms with E-state index in [2.05, 4.69) is 5.32 Å². The van der Waals surface area contributed by atoms with Gasteiger partial charge in [0.25, 0.3) is 0 Å². The van der Waals surface area contributed by atoms with Gasteiger partial charge in [-0.1, -0.05) is 12.1 Å². The molecule has 1 fully saturated rings. The molecule has 0 radical (unpaired) electrons. The summed E-state index contributed by atoms with van der Waals surface area (Å²) in [4.78, 5) is 12.7. The first kappa shape index (κ1) is 13.8. The number of nitrogens with one attached hydrogen (secondary N) is 1. The molecule has 4 nitrogen and oxygen atoms in total. The van der Waals surface area contributed by atoms with Gasteiger partial charge in [-0.15, -0.1) is 0 Å². The molecule has 1 heterocycles. The van der Waals surface area contributed by atoms with E-state index < -0.39 is 0 Å². The molecule has 1 aliphatic heterocycles. The number of primary amides is 1. The van der Waals surface area contributed by atoms with Crippen molar-refractivity contribution in [1.82, 2.24) is 10.2 Å². The van der Waals surface area contributed by atoms with Crippen molar-refractivity contribution in [3.63, 3.8) is 0 Å². The Bertz CT molecular complexity index is 444. The fourth-order valence-corrected chi connectivity index (χ4v) is 2.49. The number of urea groups is 1. The zero-order chi connectivity index (χ0) is 13.8. The first-order valence-corrected chi connectivity index (χ1v) is 6.62. The molecule has 0 aliphatic carbocycles. The maximum atomic E-state index is 13.2. The molecule has 1 aliphatic rings. The Balaban J connectivity index is 1.87. The number of rotatable bonds is 3. The van der Waals surface area contributed by atoms with E-state index in [0.717, 1.165) is 18.4 Å². The molecule has 1 saturated heterocycles. The van der Waals surface area contributed by atoms with Crippen LogP contribution in [0.1, 0.15) is 31.4 Å². The van der Waals surface area contributed by atoms with Gasteiger partial charge in [0.2, 0.25) is 0 Å². The highest BCUT2D eigenvalue weighted by Crippen LogP contribution is 2.18. The number of nitrogens with two attached hydrogens (primary N) is 1. The molecule has 1 aromatic rings. The minimum Gasteiger partial charge on any atom is -0.351 e. The van der Waals surface area contributed by atoms with E-state index in [4.69, 9.17) is 5.73 Å². The molecule has 0 saturated carbocycles. The highest BCUT2D eigenvalue weighted by atomic mass is 19.1. The van der Waals surface area contributed by atoms with Crippen LogP contribution >= 0.6 is 0 Å². The van der Waals surface area contributed by atoms with Gasteiger partial charge < -0.3 is 16.0 Å². The van der Waals surface area contributed by atoms with Gasteiger partial charge >= 0.3 is 6.03 Å². The highest BCUT2D eigenvalue weighted by molar-refractivity contribution is 5.72. The van der Waals surface area contributed by atoms with Crippen LogP contribution in [0.5, 0.6) is 0 Å². The zero-order valence-electron chi connectivity index (χ0n) is 11.1. The lowest BCUT2D eigenvalue weighted by molar-refractivity contribution is 0.183. The quantitative estimate of drug-likeness (QED) is 0.878. The van der Waals surface area contributed by atoms with Crippen LogP contribution in [0.2, 0.25) is 0 Å². The topological polar surface area (TPSA) is 58.4 Å². The summed E-state index contributed by atoms with van der Waals surface area (Å²) in [6.07, 6.45) is 1.76. The van der Waals surface area contributed by atoms with Crippen LogP contribution in [0, 0.1) is 5.82 Å². The smallest absolute Gasteiger partial charge is 0.314 e. The number of benzene rings is 1. The molecule has 1 aromatic carbocycles. The molecule has 104 valence electrons. The molecule has 3 N–H and O–H groups in total. The number of hydrogen-bond donors (Lipinski definition) is 2. The minimum absolute atomic E-state index is 0.0980. The second-order valence-electron chi connectivity index (χ2n) is 5.04. The normalized spacial score (nSPS) is 18.3. The molecule has 0 aromatic heterocycles. The van der Waals surface area contributed by atoms with Gasteiger partial charge in [0.1, 0.15) is 5.82 Å².